The summed E-state index contributed by atoms with van der Waals surface area (Å²) in [4.78, 5) is 44.6. The number of nitrogens with zero attached hydrogens (tertiary/aromatic N) is 4. The van der Waals surface area contributed by atoms with E-state index in [-0.39, 0.29) is 34.3 Å². The van der Waals surface area contributed by atoms with Gasteiger partial charge < -0.3 is 28.6 Å². The van der Waals surface area contributed by atoms with Crippen LogP contribution in [0.5, 0.6) is 5.75 Å². The molecule has 3 aromatic rings. The molecular weight excluding hydrogens is 699 g/mol. The van der Waals surface area contributed by atoms with Crippen LogP contribution in [0.2, 0.25) is 0 Å². The number of hydrogen-bond donors (Lipinski definition) is 1. The van der Waals surface area contributed by atoms with Gasteiger partial charge >= 0.3 is 16.3 Å². The van der Waals surface area contributed by atoms with Gasteiger partial charge in [0.1, 0.15) is 5.75 Å². The Hall–Kier alpha value is -4.14. The van der Waals surface area contributed by atoms with Gasteiger partial charge in [-0.3, -0.25) is 9.59 Å². The smallest absolute Gasteiger partial charge is 0.409 e. The predicted octanol–water partition coefficient (Wildman–Crippen LogP) is 4.61. The first kappa shape index (κ1) is 35.9. The number of ether oxygens (including phenoxy) is 3. The van der Waals surface area contributed by atoms with E-state index in [9.17, 15) is 22.8 Å². The van der Waals surface area contributed by atoms with Crippen LogP contribution in [0.4, 0.5) is 4.79 Å². The second-order valence-corrected chi connectivity index (χ2v) is 18.1. The Morgan fingerprint density at radius 1 is 0.906 bits per heavy atom. The van der Waals surface area contributed by atoms with Gasteiger partial charge in [-0.05, 0) is 79.1 Å². The standard InChI is InChI=1S/C39H49N5O8S/c1-41(2)53(48,49)40-34(45)28-12-15-30-31(18-28)44(33(27-10-13-29(50-3)14-11-27)32(30)26-8-6-5-7-9-26)19-37(16-17-37)35(46)42-20-38-22-43(36(47)51-4)23-39(38,21-42)25-52-24-38/h10-15,18,26H,5-9,16-17,19-25H2,1-4H3,(H,40,45). The number of likely N-dealkylation sites (tertiary alicyclic amines) is 2. The number of benzene rings is 2. The van der Waals surface area contributed by atoms with E-state index in [1.165, 1.54) is 33.2 Å². The van der Waals surface area contributed by atoms with Crippen molar-refractivity contribution in [2.45, 2.75) is 57.4 Å². The largest absolute Gasteiger partial charge is 0.497 e. The molecule has 5 aliphatic rings. The lowest BCUT2D eigenvalue weighted by molar-refractivity contribution is -0.137. The van der Waals surface area contributed by atoms with E-state index in [1.807, 2.05) is 23.1 Å². The number of carbonyl (C=O) groups excluding carboxylic acids is 3. The SMILES string of the molecule is COC(=O)N1CC23COCC2(C1)CN(C(=O)C1(Cn2c(-c4ccc(OC)cc4)c(C4CCCCC4)c4ccc(C(=O)NS(=O)(=O)N(C)C)cc42)CC1)C3. The highest BCUT2D eigenvalue weighted by atomic mass is 32.2. The lowest BCUT2D eigenvalue weighted by Gasteiger charge is -2.30. The Bertz CT molecular complexity index is 2050. The highest BCUT2D eigenvalue weighted by Crippen LogP contribution is 2.59. The average molecular weight is 748 g/mol. The molecule has 5 fully saturated rings. The van der Waals surface area contributed by atoms with Crippen LogP contribution < -0.4 is 9.46 Å². The number of rotatable bonds is 9. The van der Waals surface area contributed by atoms with Crippen LogP contribution >= 0.6 is 0 Å². The lowest BCUT2D eigenvalue weighted by Crippen LogP contribution is -2.44. The van der Waals surface area contributed by atoms with Crippen LogP contribution in [0.25, 0.3) is 22.2 Å². The molecule has 8 rings (SSSR count). The van der Waals surface area contributed by atoms with Gasteiger partial charge in [-0.2, -0.15) is 12.7 Å². The Kier molecular flexibility index (Phi) is 8.81. The molecule has 53 heavy (non-hydrogen) atoms. The van der Waals surface area contributed by atoms with Crippen LogP contribution in [0.15, 0.2) is 42.5 Å². The molecule has 3 saturated heterocycles. The first-order valence-corrected chi connectivity index (χ1v) is 20.0. The molecule has 13 nitrogen and oxygen atoms in total. The second kappa shape index (κ2) is 13.0. The summed E-state index contributed by atoms with van der Waals surface area (Å²) in [5.41, 5.74) is 2.96. The Morgan fingerprint density at radius 3 is 2.13 bits per heavy atom. The third-order valence-electron chi connectivity index (χ3n) is 12.8. The molecule has 14 heteroatoms. The maximum atomic E-state index is 14.8. The molecule has 2 unspecified atom stereocenters. The van der Waals surface area contributed by atoms with Gasteiger partial charge in [-0.15, -0.1) is 0 Å². The van der Waals surface area contributed by atoms with E-state index in [0.717, 1.165) is 70.7 Å². The van der Waals surface area contributed by atoms with Gasteiger partial charge in [-0.1, -0.05) is 25.3 Å². The third-order valence-corrected chi connectivity index (χ3v) is 14.2. The molecule has 2 atom stereocenters. The lowest BCUT2D eigenvalue weighted by atomic mass is 9.71. The molecule has 2 aromatic carbocycles. The Morgan fingerprint density at radius 2 is 1.55 bits per heavy atom. The fourth-order valence-corrected chi connectivity index (χ4v) is 10.3. The number of fused-ring (bicyclic) bond motifs is 1. The van der Waals surface area contributed by atoms with Crippen molar-refractivity contribution in [1.82, 2.24) is 23.4 Å². The van der Waals surface area contributed by atoms with E-state index in [0.29, 0.717) is 45.9 Å². The van der Waals surface area contributed by atoms with Crippen molar-refractivity contribution in [2.75, 3.05) is 67.7 Å². The molecule has 0 spiro atoms. The number of carbonyl (C=O) groups is 3. The van der Waals surface area contributed by atoms with E-state index in [4.69, 9.17) is 14.2 Å². The van der Waals surface area contributed by atoms with Crippen LogP contribution in [0.1, 0.15) is 66.8 Å². The molecule has 1 aromatic heterocycles. The summed E-state index contributed by atoms with van der Waals surface area (Å²) >= 11 is 0. The van der Waals surface area contributed by atoms with E-state index >= 15 is 0 Å². The molecule has 3 aliphatic heterocycles. The average Bonchev–Trinajstić information content (AvgIpc) is 3.46. The monoisotopic (exact) mass is 747 g/mol. The topological polar surface area (TPSA) is 140 Å². The molecule has 4 heterocycles. The third kappa shape index (κ3) is 5.88. The summed E-state index contributed by atoms with van der Waals surface area (Å²) in [5.74, 6) is 0.430. The quantitative estimate of drug-likeness (QED) is 0.335. The van der Waals surface area contributed by atoms with Crippen molar-refractivity contribution in [3.63, 3.8) is 0 Å². The van der Waals surface area contributed by atoms with E-state index in [1.54, 1.807) is 24.1 Å². The minimum atomic E-state index is -4.01. The van der Waals surface area contributed by atoms with E-state index in [2.05, 4.69) is 21.4 Å². The molecule has 1 N–H and O–H groups in total. The summed E-state index contributed by atoms with van der Waals surface area (Å²) in [6, 6.07) is 13.5. The van der Waals surface area contributed by atoms with Gasteiger partial charge in [0.2, 0.25) is 5.91 Å². The summed E-state index contributed by atoms with van der Waals surface area (Å²) in [5, 5.41) is 1.01. The maximum Gasteiger partial charge on any atom is 0.409 e. The number of methoxy groups -OCH3 is 2. The van der Waals surface area contributed by atoms with Crippen molar-refractivity contribution in [3.05, 3.63) is 53.6 Å². The number of aromatic nitrogens is 1. The zero-order chi connectivity index (χ0) is 37.3. The molecule has 3 amide bonds. The maximum absolute atomic E-state index is 14.8. The van der Waals surface area contributed by atoms with Crippen LogP contribution in [-0.2, 0) is 31.0 Å². The highest BCUT2D eigenvalue weighted by Gasteiger charge is 2.69. The second-order valence-electron chi connectivity index (χ2n) is 16.2. The Balaban J connectivity index is 1.21. The number of nitrogens with one attached hydrogen (secondary N) is 1. The first-order valence-electron chi connectivity index (χ1n) is 18.6. The molecule has 0 bridgehead atoms. The van der Waals surface area contributed by atoms with Crippen molar-refractivity contribution >= 4 is 39.0 Å². The molecular formula is C39H49N5O8S. The zero-order valence-corrected chi connectivity index (χ0v) is 31.8. The fraction of sp³-hybridized carbons (Fsp3) is 0.564. The normalized spacial score (nSPS) is 25.1. The molecule has 2 saturated carbocycles. The Labute approximate surface area is 310 Å². The van der Waals surface area contributed by atoms with Crippen LogP contribution in [0.3, 0.4) is 0 Å². The van der Waals surface area contributed by atoms with Crippen molar-refractivity contribution in [2.24, 2.45) is 16.2 Å². The predicted molar refractivity (Wildman–Crippen MR) is 198 cm³/mol. The van der Waals surface area contributed by atoms with Gasteiger partial charge in [0, 0.05) is 74.1 Å². The van der Waals surface area contributed by atoms with E-state index < -0.39 is 21.5 Å². The molecule has 284 valence electrons. The summed E-state index contributed by atoms with van der Waals surface area (Å²) in [6.45, 7) is 3.46. The number of hydrogen-bond acceptors (Lipinski definition) is 8. The van der Waals surface area contributed by atoms with Crippen molar-refractivity contribution in [3.8, 4) is 17.0 Å². The fourth-order valence-electron chi connectivity index (χ4n) is 9.72. The number of amides is 3. The summed E-state index contributed by atoms with van der Waals surface area (Å²) in [6.07, 6.45) is 6.64. The molecule has 0 radical (unpaired) electrons. The van der Waals surface area contributed by atoms with Crippen LogP contribution in [0, 0.1) is 16.2 Å². The van der Waals surface area contributed by atoms with Crippen molar-refractivity contribution < 1.29 is 37.0 Å². The highest BCUT2D eigenvalue weighted by molar-refractivity contribution is 7.87. The molecule has 2 aliphatic carbocycles. The van der Waals surface area contributed by atoms with Gasteiger partial charge in [-0.25, -0.2) is 9.52 Å². The van der Waals surface area contributed by atoms with Gasteiger partial charge in [0.25, 0.3) is 5.91 Å². The minimum absolute atomic E-state index is 0.116. The van der Waals surface area contributed by atoms with Gasteiger partial charge in [0.05, 0.1) is 38.5 Å². The summed E-state index contributed by atoms with van der Waals surface area (Å²) in [7, 11) is 1.77. The van der Waals surface area contributed by atoms with Crippen molar-refractivity contribution in [1.29, 1.82) is 0 Å². The summed E-state index contributed by atoms with van der Waals surface area (Å²) < 4.78 is 47.3. The van der Waals surface area contributed by atoms with Crippen LogP contribution in [-0.4, -0.2) is 113 Å². The zero-order valence-electron chi connectivity index (χ0n) is 31.0. The minimum Gasteiger partial charge on any atom is -0.497 e. The first-order chi connectivity index (χ1) is 25.3. The van der Waals surface area contributed by atoms with Gasteiger partial charge in [0.15, 0.2) is 0 Å².